The third-order valence-electron chi connectivity index (χ3n) is 7.23. The number of carbonyl (C=O) groups excluding carboxylic acids is 1. The van der Waals surface area contributed by atoms with Gasteiger partial charge in [-0.2, -0.15) is 5.10 Å². The number of fused-ring (bicyclic) bond motifs is 1. The van der Waals surface area contributed by atoms with Crippen molar-refractivity contribution in [3.63, 3.8) is 0 Å². The zero-order valence-electron chi connectivity index (χ0n) is 23.8. The summed E-state index contributed by atoms with van der Waals surface area (Å²) in [6.45, 7) is 13.0. The Morgan fingerprint density at radius 1 is 1.00 bits per heavy atom. The lowest BCUT2D eigenvalue weighted by Gasteiger charge is -2.24. The average Bonchev–Trinajstić information content (AvgIpc) is 3.28. The summed E-state index contributed by atoms with van der Waals surface area (Å²) < 4.78 is 13.3. The second-order valence-electron chi connectivity index (χ2n) is 12.7. The molecule has 2 aliphatic rings. The van der Waals surface area contributed by atoms with Gasteiger partial charge in [-0.05, 0) is 66.4 Å². The molecule has 0 radical (unpaired) electrons. The van der Waals surface area contributed by atoms with Crippen LogP contribution in [0.5, 0.6) is 0 Å². The molecule has 1 aliphatic heterocycles. The summed E-state index contributed by atoms with van der Waals surface area (Å²) >= 11 is 0. The Morgan fingerprint density at radius 3 is 2.38 bits per heavy atom. The zero-order valence-corrected chi connectivity index (χ0v) is 23.8. The van der Waals surface area contributed by atoms with Crippen LogP contribution in [0.3, 0.4) is 0 Å². The van der Waals surface area contributed by atoms with E-state index < -0.39 is 5.60 Å². The highest BCUT2D eigenvalue weighted by atomic mass is 16.6. The Labute approximate surface area is 232 Å². The van der Waals surface area contributed by atoms with Gasteiger partial charge in [-0.15, -0.1) is 0 Å². The molecule has 40 heavy (non-hydrogen) atoms. The Hall–Kier alpha value is -4.09. The van der Waals surface area contributed by atoms with Crippen molar-refractivity contribution in [2.45, 2.75) is 83.8 Å². The number of hydrogen-bond donors (Lipinski definition) is 1. The number of amides is 1. The van der Waals surface area contributed by atoms with Gasteiger partial charge in [0.1, 0.15) is 29.1 Å². The largest absolute Gasteiger partial charge is 0.444 e. The fourth-order valence-electron chi connectivity index (χ4n) is 5.12. The van der Waals surface area contributed by atoms with E-state index in [9.17, 15) is 4.79 Å². The fourth-order valence-corrected chi connectivity index (χ4v) is 5.12. The molecule has 4 aromatic rings. The quantitative estimate of drug-likeness (QED) is 0.376. The normalized spacial score (nSPS) is 18.1. The minimum absolute atomic E-state index is 0.134. The summed E-state index contributed by atoms with van der Waals surface area (Å²) in [4.78, 5) is 32.5. The summed E-state index contributed by atoms with van der Waals surface area (Å²) in [7, 11) is 0. The molecule has 0 spiro atoms. The minimum atomic E-state index is -0.527. The van der Waals surface area contributed by atoms with Gasteiger partial charge in [-0.1, -0.05) is 5.16 Å². The summed E-state index contributed by atoms with van der Waals surface area (Å²) in [5.41, 5.74) is 8.86. The molecule has 4 aromatic heterocycles. The highest BCUT2D eigenvalue weighted by Crippen LogP contribution is 2.48. The lowest BCUT2D eigenvalue weighted by Crippen LogP contribution is -2.35. The van der Waals surface area contributed by atoms with Crippen molar-refractivity contribution < 1.29 is 14.1 Å². The maximum absolute atomic E-state index is 12.5. The Morgan fingerprint density at radius 2 is 1.73 bits per heavy atom. The standard InChI is InChI=1S/C28H35N9O3/c1-27(2,3)37-25-19(23(29)32-14-33-25)20(34-37)21-18(22(40-35-21)15-7-8-15)24-30-11-17(12-31-24)16-9-10-36(13-16)26(38)39-28(4,5)6/h11-12,14-16H,7-10,13H2,1-6H3,(H2,29,32,33)/t16-/m0/s1. The van der Waals surface area contributed by atoms with Gasteiger partial charge < -0.3 is 19.9 Å². The minimum Gasteiger partial charge on any atom is -0.444 e. The van der Waals surface area contributed by atoms with E-state index in [-0.39, 0.29) is 23.5 Å². The molecular weight excluding hydrogens is 510 g/mol. The van der Waals surface area contributed by atoms with Gasteiger partial charge in [0.05, 0.1) is 16.5 Å². The highest BCUT2D eigenvalue weighted by molar-refractivity contribution is 6.00. The van der Waals surface area contributed by atoms with Crippen LogP contribution in [0.4, 0.5) is 10.6 Å². The third kappa shape index (κ3) is 4.75. The predicted octanol–water partition coefficient (Wildman–Crippen LogP) is 4.88. The van der Waals surface area contributed by atoms with Crippen molar-refractivity contribution in [1.82, 2.24) is 39.8 Å². The predicted molar refractivity (Wildman–Crippen MR) is 148 cm³/mol. The SMILES string of the molecule is CC(C)(C)OC(=O)N1CC[C@H](c2cnc(-c3c(-c4nn(C(C)(C)C)c5ncnc(N)c45)noc3C3CC3)nc2)C1. The number of hydrogen-bond acceptors (Lipinski definition) is 10. The number of rotatable bonds is 4. The molecule has 1 amide bonds. The number of aromatic nitrogens is 7. The molecule has 2 N–H and O–H groups in total. The molecule has 0 aromatic carbocycles. The maximum atomic E-state index is 12.5. The number of anilines is 1. The van der Waals surface area contributed by atoms with Crippen molar-refractivity contribution in [1.29, 1.82) is 0 Å². The van der Waals surface area contributed by atoms with Gasteiger partial charge >= 0.3 is 6.09 Å². The van der Waals surface area contributed by atoms with Crippen LogP contribution in [0.2, 0.25) is 0 Å². The van der Waals surface area contributed by atoms with Crippen molar-refractivity contribution in [2.75, 3.05) is 18.8 Å². The molecule has 6 rings (SSSR count). The number of likely N-dealkylation sites (tertiary alicyclic amines) is 1. The number of carbonyl (C=O) groups is 1. The lowest BCUT2D eigenvalue weighted by atomic mass is 10.0. The van der Waals surface area contributed by atoms with E-state index >= 15 is 0 Å². The Balaban J connectivity index is 1.36. The van der Waals surface area contributed by atoms with Crippen molar-refractivity contribution >= 4 is 22.9 Å². The van der Waals surface area contributed by atoms with Crippen molar-refractivity contribution in [3.8, 4) is 22.8 Å². The number of nitrogens with two attached hydrogens (primary N) is 1. The molecular formula is C28H35N9O3. The highest BCUT2D eigenvalue weighted by Gasteiger charge is 2.37. The fraction of sp³-hybridized carbons (Fsp3) is 0.536. The van der Waals surface area contributed by atoms with Crippen molar-refractivity contribution in [3.05, 3.63) is 30.0 Å². The van der Waals surface area contributed by atoms with Crippen LogP contribution in [0.25, 0.3) is 33.8 Å². The Bertz CT molecular complexity index is 1570. The smallest absolute Gasteiger partial charge is 0.410 e. The first-order valence-corrected chi connectivity index (χ1v) is 13.7. The summed E-state index contributed by atoms with van der Waals surface area (Å²) in [6.07, 6.45) is 7.68. The van der Waals surface area contributed by atoms with Crippen LogP contribution >= 0.6 is 0 Å². The number of ether oxygens (including phenoxy) is 1. The van der Waals surface area contributed by atoms with Crippen LogP contribution < -0.4 is 5.73 Å². The molecule has 2 fully saturated rings. The molecule has 12 heteroatoms. The van der Waals surface area contributed by atoms with Gasteiger partial charge in [0.15, 0.2) is 17.2 Å². The molecule has 1 saturated carbocycles. The van der Waals surface area contributed by atoms with Crippen LogP contribution in [0.15, 0.2) is 23.2 Å². The zero-order chi connectivity index (χ0) is 28.4. The molecule has 210 valence electrons. The van der Waals surface area contributed by atoms with E-state index in [1.165, 1.54) is 6.33 Å². The molecule has 1 atom stereocenters. The lowest BCUT2D eigenvalue weighted by molar-refractivity contribution is 0.0292. The molecule has 12 nitrogen and oxygen atoms in total. The van der Waals surface area contributed by atoms with Gasteiger partial charge in [0, 0.05) is 37.3 Å². The summed E-state index contributed by atoms with van der Waals surface area (Å²) in [6, 6.07) is 0. The summed E-state index contributed by atoms with van der Waals surface area (Å²) in [5, 5.41) is 10.0. The van der Waals surface area contributed by atoms with E-state index in [2.05, 4.69) is 35.9 Å². The van der Waals surface area contributed by atoms with E-state index in [1.54, 1.807) is 4.90 Å². The van der Waals surface area contributed by atoms with Crippen LogP contribution in [-0.4, -0.2) is 64.6 Å². The molecule has 0 unspecified atom stereocenters. The molecule has 1 saturated heterocycles. The summed E-state index contributed by atoms with van der Waals surface area (Å²) in [5.74, 6) is 1.99. The molecule has 1 aliphatic carbocycles. The molecule has 0 bridgehead atoms. The number of nitrogen functional groups attached to an aromatic ring is 1. The average molecular weight is 546 g/mol. The Kier molecular flexibility index (Phi) is 6.04. The topological polar surface area (TPSA) is 151 Å². The van der Waals surface area contributed by atoms with Crippen LogP contribution in [0, 0.1) is 0 Å². The second kappa shape index (κ2) is 9.24. The van der Waals surface area contributed by atoms with E-state index in [0.29, 0.717) is 47.2 Å². The van der Waals surface area contributed by atoms with E-state index in [1.807, 2.05) is 37.8 Å². The van der Waals surface area contributed by atoms with Crippen LogP contribution in [0.1, 0.15) is 84.0 Å². The monoisotopic (exact) mass is 545 g/mol. The van der Waals surface area contributed by atoms with Gasteiger partial charge in [0.2, 0.25) is 0 Å². The number of nitrogens with zero attached hydrogens (tertiary/aromatic N) is 8. The first-order chi connectivity index (χ1) is 18.9. The second-order valence-corrected chi connectivity index (χ2v) is 12.7. The van der Waals surface area contributed by atoms with Gasteiger partial charge in [-0.3, -0.25) is 0 Å². The van der Waals surface area contributed by atoms with Crippen molar-refractivity contribution in [2.24, 2.45) is 0 Å². The van der Waals surface area contributed by atoms with Gasteiger partial charge in [-0.25, -0.2) is 29.4 Å². The third-order valence-corrected chi connectivity index (χ3v) is 7.23. The van der Waals surface area contributed by atoms with E-state index in [4.69, 9.17) is 30.1 Å². The maximum Gasteiger partial charge on any atom is 0.410 e. The first kappa shape index (κ1) is 26.1. The van der Waals surface area contributed by atoms with Gasteiger partial charge in [0.25, 0.3) is 0 Å². The molecule has 5 heterocycles. The van der Waals surface area contributed by atoms with E-state index in [0.717, 1.165) is 36.1 Å². The first-order valence-electron chi connectivity index (χ1n) is 13.7. The van der Waals surface area contributed by atoms with Crippen LogP contribution in [-0.2, 0) is 10.3 Å².